The molecule has 0 saturated heterocycles. The molecule has 0 saturated carbocycles. The smallest absolute Gasteiger partial charge is 0.312 e. The highest BCUT2D eigenvalue weighted by molar-refractivity contribution is 5.91. The van der Waals surface area contributed by atoms with Crippen LogP contribution in [0.25, 0.3) is 16.6 Å². The van der Waals surface area contributed by atoms with Gasteiger partial charge < -0.3 is 4.84 Å². The summed E-state index contributed by atoms with van der Waals surface area (Å²) in [5.41, 5.74) is 4.25. The Hall–Kier alpha value is -2.99. The van der Waals surface area contributed by atoms with Crippen LogP contribution in [-0.2, 0) is 0 Å². The number of carbonyl (C=O) groups excluding carboxylic acids is 1. The van der Waals surface area contributed by atoms with Crippen LogP contribution >= 0.6 is 0 Å². The van der Waals surface area contributed by atoms with Gasteiger partial charge in [0.1, 0.15) is 11.0 Å². The Morgan fingerprint density at radius 3 is 2.68 bits per heavy atom. The number of aromatic nitrogens is 3. The highest BCUT2D eigenvalue weighted by Crippen LogP contribution is 2.28. The molecule has 0 spiro atoms. The topological polar surface area (TPSA) is 60.3 Å². The van der Waals surface area contributed by atoms with Crippen LogP contribution in [0.2, 0.25) is 0 Å². The summed E-state index contributed by atoms with van der Waals surface area (Å²) in [7, 11) is 0. The molecule has 144 valence electrons. The van der Waals surface area contributed by atoms with E-state index in [1.807, 2.05) is 18.2 Å². The minimum atomic E-state index is -0.459. The second-order valence-electron chi connectivity index (χ2n) is 7.51. The summed E-state index contributed by atoms with van der Waals surface area (Å²) in [6.45, 7) is 7.59. The third kappa shape index (κ3) is 3.82. The maximum Gasteiger partial charge on any atom is 0.365 e. The molecule has 1 aromatic heterocycles. The number of carbonyl (C=O) groups is 1. The Labute approximate surface area is 164 Å². The van der Waals surface area contributed by atoms with Crippen LogP contribution < -0.4 is 4.84 Å². The number of benzene rings is 2. The fourth-order valence-electron chi connectivity index (χ4n) is 3.59. The Kier molecular flexibility index (Phi) is 5.21. The van der Waals surface area contributed by atoms with Crippen LogP contribution in [-0.4, -0.2) is 45.7 Å². The molecule has 6 heteroatoms. The van der Waals surface area contributed by atoms with Gasteiger partial charge in [0.05, 0.1) is 5.56 Å². The lowest BCUT2D eigenvalue weighted by atomic mass is 9.98. The molecule has 0 fully saturated rings. The molecule has 28 heavy (non-hydrogen) atoms. The zero-order valence-electron chi connectivity index (χ0n) is 16.2. The van der Waals surface area contributed by atoms with Gasteiger partial charge in [-0.25, -0.2) is 4.79 Å². The maximum absolute atomic E-state index is 12.3. The van der Waals surface area contributed by atoms with Crippen molar-refractivity contribution in [3.8, 4) is 0 Å². The van der Waals surface area contributed by atoms with Crippen molar-refractivity contribution in [2.75, 3.05) is 19.6 Å². The molecule has 0 aliphatic carbocycles. The van der Waals surface area contributed by atoms with Gasteiger partial charge in [-0.1, -0.05) is 55.1 Å². The van der Waals surface area contributed by atoms with Crippen molar-refractivity contribution in [2.24, 2.45) is 5.92 Å². The van der Waals surface area contributed by atoms with Crippen LogP contribution in [0.4, 0.5) is 0 Å². The van der Waals surface area contributed by atoms with E-state index < -0.39 is 5.97 Å². The summed E-state index contributed by atoms with van der Waals surface area (Å²) in [6.07, 6.45) is 3.25. The van der Waals surface area contributed by atoms with E-state index >= 15 is 0 Å². The Morgan fingerprint density at radius 2 is 1.96 bits per heavy atom. The Balaban J connectivity index is 1.57. The molecular weight excluding hydrogens is 352 g/mol. The largest absolute Gasteiger partial charge is 0.365 e. The van der Waals surface area contributed by atoms with E-state index in [1.54, 1.807) is 24.3 Å². The molecule has 0 radical (unpaired) electrons. The minimum Gasteiger partial charge on any atom is -0.312 e. The first-order valence-corrected chi connectivity index (χ1v) is 9.65. The van der Waals surface area contributed by atoms with Crippen molar-refractivity contribution >= 4 is 22.6 Å². The normalized spacial score (nSPS) is 15.0. The number of hydrogen-bond acceptors (Lipinski definition) is 5. The Morgan fingerprint density at radius 1 is 1.14 bits per heavy atom. The predicted octanol–water partition coefficient (Wildman–Crippen LogP) is 3.45. The fraction of sp³-hybridized carbons (Fsp3) is 0.318. The molecule has 1 aliphatic rings. The van der Waals surface area contributed by atoms with E-state index in [2.05, 4.69) is 41.2 Å². The molecule has 0 amide bonds. The lowest BCUT2D eigenvalue weighted by Crippen LogP contribution is -2.31. The first-order chi connectivity index (χ1) is 13.6. The number of fused-ring (bicyclic) bond motifs is 1. The standard InChI is InChI=1S/C22H24N4O2/c1-16(2)15-25-13-11-17(12-14-25)19-9-6-10-20-21(19)23-24-26(20)28-22(27)18-7-4-3-5-8-18/h3-11,16H,12-15H2,1-2H3. The minimum absolute atomic E-state index is 0.459. The zero-order valence-corrected chi connectivity index (χ0v) is 16.2. The van der Waals surface area contributed by atoms with Gasteiger partial charge in [-0.2, -0.15) is 0 Å². The van der Waals surface area contributed by atoms with Crippen molar-refractivity contribution in [3.05, 3.63) is 65.7 Å². The zero-order chi connectivity index (χ0) is 19.5. The van der Waals surface area contributed by atoms with Crippen molar-refractivity contribution in [3.63, 3.8) is 0 Å². The van der Waals surface area contributed by atoms with Gasteiger partial charge in [-0.3, -0.25) is 4.90 Å². The predicted molar refractivity (Wildman–Crippen MR) is 109 cm³/mol. The number of hydrogen-bond donors (Lipinski definition) is 0. The summed E-state index contributed by atoms with van der Waals surface area (Å²) in [4.78, 5) is 21.4. The molecule has 0 bridgehead atoms. The molecule has 0 unspecified atom stereocenters. The van der Waals surface area contributed by atoms with E-state index in [0.717, 1.165) is 37.1 Å². The van der Waals surface area contributed by atoms with E-state index in [4.69, 9.17) is 4.84 Å². The van der Waals surface area contributed by atoms with Crippen LogP contribution in [0, 0.1) is 5.92 Å². The van der Waals surface area contributed by atoms with E-state index in [9.17, 15) is 4.79 Å². The third-order valence-electron chi connectivity index (χ3n) is 4.89. The SMILES string of the molecule is CC(C)CN1CC=C(c2cccc3c2nnn3OC(=O)c2ccccc2)CC1. The van der Waals surface area contributed by atoms with Gasteiger partial charge in [0, 0.05) is 25.2 Å². The summed E-state index contributed by atoms with van der Waals surface area (Å²) < 4.78 is 0. The van der Waals surface area contributed by atoms with E-state index in [1.165, 1.54) is 10.4 Å². The highest BCUT2D eigenvalue weighted by atomic mass is 16.7. The molecule has 4 rings (SSSR count). The molecular formula is C22H24N4O2. The number of nitrogens with zero attached hydrogens (tertiary/aromatic N) is 4. The second-order valence-corrected chi connectivity index (χ2v) is 7.51. The third-order valence-corrected chi connectivity index (χ3v) is 4.89. The van der Waals surface area contributed by atoms with Crippen LogP contribution in [0.5, 0.6) is 0 Å². The molecule has 2 heterocycles. The summed E-state index contributed by atoms with van der Waals surface area (Å²) in [5.74, 6) is 0.205. The molecule has 2 aromatic carbocycles. The molecule has 6 nitrogen and oxygen atoms in total. The first-order valence-electron chi connectivity index (χ1n) is 9.65. The van der Waals surface area contributed by atoms with Crippen molar-refractivity contribution in [1.29, 1.82) is 0 Å². The lowest BCUT2D eigenvalue weighted by molar-refractivity contribution is 0.0409. The quantitative estimate of drug-likeness (QED) is 0.639. The van der Waals surface area contributed by atoms with Crippen LogP contribution in [0.3, 0.4) is 0 Å². The first kappa shape index (κ1) is 18.4. The average molecular weight is 376 g/mol. The molecule has 0 N–H and O–H groups in total. The highest BCUT2D eigenvalue weighted by Gasteiger charge is 2.19. The van der Waals surface area contributed by atoms with Crippen LogP contribution in [0.15, 0.2) is 54.6 Å². The van der Waals surface area contributed by atoms with Gasteiger partial charge in [0.25, 0.3) is 0 Å². The second kappa shape index (κ2) is 7.94. The van der Waals surface area contributed by atoms with Gasteiger partial charge in [0.2, 0.25) is 0 Å². The Bertz CT molecular complexity index is 1010. The fourth-order valence-corrected chi connectivity index (χ4v) is 3.59. The monoisotopic (exact) mass is 376 g/mol. The summed E-state index contributed by atoms with van der Waals surface area (Å²) in [6, 6.07) is 14.8. The molecule has 0 atom stereocenters. The van der Waals surface area contributed by atoms with Crippen molar-refractivity contribution in [1.82, 2.24) is 20.1 Å². The maximum atomic E-state index is 12.3. The average Bonchev–Trinajstić information content (AvgIpc) is 3.12. The lowest BCUT2D eigenvalue weighted by Gasteiger charge is -2.27. The summed E-state index contributed by atoms with van der Waals surface area (Å²) >= 11 is 0. The molecule has 3 aromatic rings. The van der Waals surface area contributed by atoms with E-state index in [0.29, 0.717) is 17.0 Å². The van der Waals surface area contributed by atoms with Crippen LogP contribution in [0.1, 0.15) is 36.2 Å². The summed E-state index contributed by atoms with van der Waals surface area (Å²) in [5, 5.41) is 8.35. The van der Waals surface area contributed by atoms with Gasteiger partial charge >= 0.3 is 5.97 Å². The van der Waals surface area contributed by atoms with Gasteiger partial charge in [-0.15, -0.1) is 5.10 Å². The van der Waals surface area contributed by atoms with Crippen molar-refractivity contribution < 1.29 is 9.63 Å². The van der Waals surface area contributed by atoms with E-state index in [-0.39, 0.29) is 0 Å². The van der Waals surface area contributed by atoms with Gasteiger partial charge in [0.15, 0.2) is 0 Å². The van der Waals surface area contributed by atoms with Gasteiger partial charge in [-0.05, 0) is 41.3 Å². The molecule has 1 aliphatic heterocycles. The van der Waals surface area contributed by atoms with Crippen molar-refractivity contribution in [2.45, 2.75) is 20.3 Å². The number of rotatable bonds is 5.